The van der Waals surface area contributed by atoms with Crippen molar-refractivity contribution in [1.82, 2.24) is 24.8 Å². The van der Waals surface area contributed by atoms with E-state index in [-0.39, 0.29) is 0 Å². The first-order chi connectivity index (χ1) is 8.33. The number of hydrogen-bond acceptors (Lipinski definition) is 5. The minimum atomic E-state index is 0.717. The van der Waals surface area contributed by atoms with Crippen molar-refractivity contribution in [2.45, 2.75) is 13.0 Å². The summed E-state index contributed by atoms with van der Waals surface area (Å²) in [6.07, 6.45) is 7.89. The van der Waals surface area contributed by atoms with Crippen molar-refractivity contribution < 1.29 is 0 Å². The van der Waals surface area contributed by atoms with Gasteiger partial charge in [-0.15, -0.1) is 0 Å². The molecule has 0 amide bonds. The second kappa shape index (κ2) is 4.18. The summed E-state index contributed by atoms with van der Waals surface area (Å²) in [7, 11) is 2.11. The zero-order valence-electron chi connectivity index (χ0n) is 9.67. The van der Waals surface area contributed by atoms with Gasteiger partial charge in [-0.05, 0) is 7.05 Å². The third kappa shape index (κ3) is 2.01. The average Bonchev–Trinajstić information content (AvgIpc) is 2.39. The van der Waals surface area contributed by atoms with Crippen LogP contribution in [0.1, 0.15) is 11.3 Å². The Balaban J connectivity index is 1.99. The van der Waals surface area contributed by atoms with Crippen molar-refractivity contribution in [3.63, 3.8) is 0 Å². The van der Waals surface area contributed by atoms with Crippen LogP contribution in [0.5, 0.6) is 0 Å². The van der Waals surface area contributed by atoms with Crippen molar-refractivity contribution in [3.05, 3.63) is 36.2 Å². The zero-order chi connectivity index (χ0) is 11.7. The van der Waals surface area contributed by atoms with Crippen LogP contribution in [0.3, 0.4) is 0 Å². The van der Waals surface area contributed by atoms with E-state index in [4.69, 9.17) is 0 Å². The summed E-state index contributed by atoms with van der Waals surface area (Å²) >= 11 is 0. The minimum Gasteiger partial charge on any atom is -0.302 e. The molecule has 1 aliphatic rings. The molecule has 1 aliphatic heterocycles. The molecule has 0 unspecified atom stereocenters. The molecule has 0 aromatic carbocycles. The van der Waals surface area contributed by atoms with Crippen LogP contribution in [0, 0.1) is 0 Å². The molecule has 2 aromatic rings. The number of rotatable bonds is 1. The fourth-order valence-corrected chi connectivity index (χ4v) is 2.01. The molecule has 86 valence electrons. The van der Waals surface area contributed by atoms with E-state index in [1.165, 1.54) is 11.9 Å². The first kappa shape index (κ1) is 10.3. The lowest BCUT2D eigenvalue weighted by Gasteiger charge is -2.23. The Labute approximate surface area is 99.6 Å². The third-order valence-electron chi connectivity index (χ3n) is 2.94. The van der Waals surface area contributed by atoms with Crippen molar-refractivity contribution >= 4 is 0 Å². The van der Waals surface area contributed by atoms with Gasteiger partial charge in [-0.1, -0.05) is 0 Å². The maximum absolute atomic E-state index is 4.60. The molecule has 0 saturated carbocycles. The predicted octanol–water partition coefficient (Wildman–Crippen LogP) is 0.922. The van der Waals surface area contributed by atoms with Crippen LogP contribution < -0.4 is 0 Å². The quantitative estimate of drug-likeness (QED) is 0.725. The van der Waals surface area contributed by atoms with E-state index in [2.05, 4.69) is 31.9 Å². The van der Waals surface area contributed by atoms with Crippen LogP contribution in [-0.4, -0.2) is 38.4 Å². The molecule has 5 heteroatoms. The maximum Gasteiger partial charge on any atom is 0.162 e. The Hall–Kier alpha value is -1.88. The van der Waals surface area contributed by atoms with E-state index in [9.17, 15) is 0 Å². The van der Waals surface area contributed by atoms with Crippen molar-refractivity contribution in [1.29, 1.82) is 0 Å². The molecule has 0 saturated heterocycles. The summed E-state index contributed by atoms with van der Waals surface area (Å²) in [5.41, 5.74) is 3.24. The predicted molar refractivity (Wildman–Crippen MR) is 63.1 cm³/mol. The lowest BCUT2D eigenvalue weighted by molar-refractivity contribution is 0.309. The Morgan fingerprint density at radius 2 is 2.00 bits per heavy atom. The zero-order valence-corrected chi connectivity index (χ0v) is 9.67. The normalized spacial score (nSPS) is 15.6. The van der Waals surface area contributed by atoms with Gasteiger partial charge in [-0.3, -0.25) is 0 Å². The van der Waals surface area contributed by atoms with Gasteiger partial charge in [0.15, 0.2) is 5.82 Å². The van der Waals surface area contributed by atoms with Crippen LogP contribution in [0.2, 0.25) is 0 Å². The SMILES string of the molecule is CN1CCc2nc(-c3cncnc3)ncc2C1. The summed E-state index contributed by atoms with van der Waals surface area (Å²) in [5, 5.41) is 0. The van der Waals surface area contributed by atoms with E-state index in [0.717, 1.165) is 30.8 Å². The fraction of sp³-hybridized carbons (Fsp3) is 0.333. The van der Waals surface area contributed by atoms with Gasteiger partial charge in [-0.2, -0.15) is 0 Å². The van der Waals surface area contributed by atoms with Crippen LogP contribution in [0.4, 0.5) is 0 Å². The van der Waals surface area contributed by atoms with Crippen LogP contribution >= 0.6 is 0 Å². The largest absolute Gasteiger partial charge is 0.302 e. The average molecular weight is 227 g/mol. The number of fused-ring (bicyclic) bond motifs is 1. The molecule has 0 radical (unpaired) electrons. The number of likely N-dealkylation sites (N-methyl/N-ethyl adjacent to an activating group) is 1. The van der Waals surface area contributed by atoms with E-state index >= 15 is 0 Å². The van der Waals surface area contributed by atoms with Gasteiger partial charge in [0.25, 0.3) is 0 Å². The molecule has 0 spiro atoms. The molecule has 3 rings (SSSR count). The van der Waals surface area contributed by atoms with Crippen LogP contribution in [0.15, 0.2) is 24.9 Å². The van der Waals surface area contributed by atoms with E-state index in [1.54, 1.807) is 12.4 Å². The minimum absolute atomic E-state index is 0.717. The molecule has 5 nitrogen and oxygen atoms in total. The van der Waals surface area contributed by atoms with Crippen molar-refractivity contribution in [2.24, 2.45) is 0 Å². The van der Waals surface area contributed by atoms with Gasteiger partial charge in [-0.25, -0.2) is 19.9 Å². The second-order valence-electron chi connectivity index (χ2n) is 4.28. The summed E-state index contributed by atoms with van der Waals surface area (Å²) in [4.78, 5) is 19.2. The molecule has 2 aromatic heterocycles. The fourth-order valence-electron chi connectivity index (χ4n) is 2.01. The Morgan fingerprint density at radius 3 is 2.82 bits per heavy atom. The molecular weight excluding hydrogens is 214 g/mol. The van der Waals surface area contributed by atoms with Crippen molar-refractivity contribution in [2.75, 3.05) is 13.6 Å². The highest BCUT2D eigenvalue weighted by Crippen LogP contribution is 2.18. The highest BCUT2D eigenvalue weighted by molar-refractivity contribution is 5.52. The maximum atomic E-state index is 4.60. The molecule has 17 heavy (non-hydrogen) atoms. The molecular formula is C12H13N5. The highest BCUT2D eigenvalue weighted by atomic mass is 15.1. The molecule has 3 heterocycles. The lowest BCUT2D eigenvalue weighted by Crippen LogP contribution is -2.27. The lowest BCUT2D eigenvalue weighted by atomic mass is 10.1. The van der Waals surface area contributed by atoms with E-state index in [1.807, 2.05) is 6.20 Å². The molecule has 0 bridgehead atoms. The summed E-state index contributed by atoms with van der Waals surface area (Å²) in [6, 6.07) is 0. The monoisotopic (exact) mass is 227 g/mol. The van der Waals surface area contributed by atoms with Gasteiger partial charge in [0.2, 0.25) is 0 Å². The number of nitrogens with zero attached hydrogens (tertiary/aromatic N) is 5. The highest BCUT2D eigenvalue weighted by Gasteiger charge is 2.15. The first-order valence-corrected chi connectivity index (χ1v) is 5.61. The molecule has 0 atom stereocenters. The van der Waals surface area contributed by atoms with Crippen LogP contribution in [-0.2, 0) is 13.0 Å². The molecule has 0 aliphatic carbocycles. The summed E-state index contributed by atoms with van der Waals surface area (Å²) in [5.74, 6) is 0.717. The topological polar surface area (TPSA) is 54.8 Å². The number of hydrogen-bond donors (Lipinski definition) is 0. The van der Waals surface area contributed by atoms with Gasteiger partial charge in [0.05, 0.1) is 11.3 Å². The second-order valence-corrected chi connectivity index (χ2v) is 4.28. The smallest absolute Gasteiger partial charge is 0.162 e. The van der Waals surface area contributed by atoms with Crippen LogP contribution in [0.25, 0.3) is 11.4 Å². The van der Waals surface area contributed by atoms with Crippen molar-refractivity contribution in [3.8, 4) is 11.4 Å². The Bertz CT molecular complexity index is 526. The molecule has 0 N–H and O–H groups in total. The van der Waals surface area contributed by atoms with Gasteiger partial charge >= 0.3 is 0 Å². The molecule has 0 fully saturated rings. The van der Waals surface area contributed by atoms with Gasteiger partial charge in [0.1, 0.15) is 6.33 Å². The summed E-state index contributed by atoms with van der Waals surface area (Å²) < 4.78 is 0. The first-order valence-electron chi connectivity index (χ1n) is 5.61. The number of aromatic nitrogens is 4. The Kier molecular flexibility index (Phi) is 2.53. The summed E-state index contributed by atoms with van der Waals surface area (Å²) in [6.45, 7) is 1.98. The van der Waals surface area contributed by atoms with Gasteiger partial charge < -0.3 is 4.90 Å². The Morgan fingerprint density at radius 1 is 1.18 bits per heavy atom. The van der Waals surface area contributed by atoms with Gasteiger partial charge in [0, 0.05) is 43.7 Å². The third-order valence-corrected chi connectivity index (χ3v) is 2.94. The standard InChI is InChI=1S/C12H13N5/c1-17-3-2-11-10(7-17)6-15-12(16-11)9-4-13-8-14-5-9/h4-6,8H,2-3,7H2,1H3. The van der Waals surface area contributed by atoms with E-state index < -0.39 is 0 Å². The van der Waals surface area contributed by atoms with E-state index in [0.29, 0.717) is 5.82 Å².